The van der Waals surface area contributed by atoms with Crippen molar-refractivity contribution in [3.63, 3.8) is 0 Å². The molecule has 0 fully saturated rings. The fraction of sp³-hybridized carbons (Fsp3) is 0.333. The van der Waals surface area contributed by atoms with Crippen molar-refractivity contribution in [2.24, 2.45) is 0 Å². The van der Waals surface area contributed by atoms with E-state index in [1.807, 2.05) is 5.32 Å². The molecule has 1 aromatic rings. The highest BCUT2D eigenvalue weighted by Gasteiger charge is 2.27. The third-order valence-electron chi connectivity index (χ3n) is 2.38. The lowest BCUT2D eigenvalue weighted by molar-refractivity contribution is -0.138. The van der Waals surface area contributed by atoms with E-state index < -0.39 is 39.6 Å². The molecular formula is C12H14FNO6S. The van der Waals surface area contributed by atoms with Crippen LogP contribution in [0.25, 0.3) is 0 Å². The molecule has 0 aliphatic heterocycles. The van der Waals surface area contributed by atoms with Gasteiger partial charge in [0.1, 0.15) is 17.6 Å². The number of amides is 1. The fourth-order valence-electron chi connectivity index (χ4n) is 1.45. The highest BCUT2D eigenvalue weighted by molar-refractivity contribution is 7.86. The second kappa shape index (κ2) is 7.14. The van der Waals surface area contributed by atoms with Crippen molar-refractivity contribution >= 4 is 22.0 Å². The van der Waals surface area contributed by atoms with E-state index in [4.69, 9.17) is 5.11 Å². The van der Waals surface area contributed by atoms with Gasteiger partial charge in [-0.15, -0.1) is 0 Å². The van der Waals surface area contributed by atoms with Crippen LogP contribution in [0.4, 0.5) is 4.39 Å². The zero-order chi connectivity index (χ0) is 16.0. The van der Waals surface area contributed by atoms with Gasteiger partial charge in [-0.3, -0.25) is 8.98 Å². The molecule has 0 bridgehead atoms. The summed E-state index contributed by atoms with van der Waals surface area (Å²) in [5.41, 5.74) is 0.0106. The Morgan fingerprint density at radius 3 is 2.38 bits per heavy atom. The minimum atomic E-state index is -4.07. The van der Waals surface area contributed by atoms with Crippen LogP contribution in [0.2, 0.25) is 0 Å². The third kappa shape index (κ3) is 5.48. The number of carboxylic acids is 1. The molecular weight excluding hydrogens is 305 g/mol. The van der Waals surface area contributed by atoms with Gasteiger partial charge in [-0.25, -0.2) is 9.18 Å². The first-order chi connectivity index (χ1) is 9.75. The molecule has 1 amide bonds. The molecule has 0 heterocycles. The highest BCUT2D eigenvalue weighted by atomic mass is 32.2. The number of hydrogen-bond donors (Lipinski definition) is 2. The van der Waals surface area contributed by atoms with Crippen molar-refractivity contribution < 1.29 is 31.7 Å². The zero-order valence-electron chi connectivity index (χ0n) is 11.1. The molecule has 1 atom stereocenters. The lowest BCUT2D eigenvalue weighted by atomic mass is 10.2. The first-order valence-electron chi connectivity index (χ1n) is 5.91. The quantitative estimate of drug-likeness (QED) is 0.703. The summed E-state index contributed by atoms with van der Waals surface area (Å²) in [6.07, 6.45) is 0. The van der Waals surface area contributed by atoms with E-state index in [0.717, 1.165) is 24.3 Å². The molecule has 1 unspecified atom stereocenters. The Bertz CT molecular complexity index is 613. The summed E-state index contributed by atoms with van der Waals surface area (Å²) in [6, 6.07) is 2.70. The van der Waals surface area contributed by atoms with E-state index in [9.17, 15) is 22.4 Å². The van der Waals surface area contributed by atoms with Gasteiger partial charge in [0.2, 0.25) is 0 Å². The number of rotatable bonds is 7. The smallest absolute Gasteiger partial charge is 0.327 e. The Morgan fingerprint density at radius 2 is 1.90 bits per heavy atom. The first-order valence-corrected chi connectivity index (χ1v) is 7.49. The van der Waals surface area contributed by atoms with Gasteiger partial charge in [0.15, 0.2) is 0 Å². The fourth-order valence-corrected chi connectivity index (χ4v) is 2.54. The van der Waals surface area contributed by atoms with Gasteiger partial charge < -0.3 is 10.4 Å². The number of aliphatic carboxylic acids is 1. The molecule has 9 heteroatoms. The summed E-state index contributed by atoms with van der Waals surface area (Å²) in [6.45, 7) is 1.30. The van der Waals surface area contributed by atoms with Crippen molar-refractivity contribution in [1.29, 1.82) is 0 Å². The van der Waals surface area contributed by atoms with Crippen LogP contribution in [-0.2, 0) is 19.1 Å². The van der Waals surface area contributed by atoms with E-state index in [0.29, 0.717) is 0 Å². The van der Waals surface area contributed by atoms with Crippen LogP contribution in [0.3, 0.4) is 0 Å². The van der Waals surface area contributed by atoms with E-state index in [-0.39, 0.29) is 12.2 Å². The molecule has 0 saturated carbocycles. The third-order valence-corrected chi connectivity index (χ3v) is 3.71. The molecule has 0 radical (unpaired) electrons. The van der Waals surface area contributed by atoms with Gasteiger partial charge in [0.25, 0.3) is 16.0 Å². The predicted octanol–water partition coefficient (Wildman–Crippen LogP) is 0.375. The molecule has 116 valence electrons. The minimum Gasteiger partial charge on any atom is -0.480 e. The predicted molar refractivity (Wildman–Crippen MR) is 70.7 cm³/mol. The average molecular weight is 319 g/mol. The Hall–Kier alpha value is -2.00. The maximum Gasteiger partial charge on any atom is 0.327 e. The van der Waals surface area contributed by atoms with E-state index in [1.54, 1.807) is 0 Å². The molecule has 0 spiro atoms. The number of halogens is 1. The summed E-state index contributed by atoms with van der Waals surface area (Å²) < 4.78 is 40.0. The van der Waals surface area contributed by atoms with Crippen LogP contribution in [0, 0.1) is 5.82 Å². The number of hydrogen-bond acceptors (Lipinski definition) is 5. The molecule has 0 aliphatic rings. The molecule has 0 aliphatic carbocycles. The second-order valence-corrected chi connectivity index (χ2v) is 5.69. The maximum atomic E-state index is 12.7. The zero-order valence-corrected chi connectivity index (χ0v) is 11.9. The second-order valence-electron chi connectivity index (χ2n) is 4.00. The van der Waals surface area contributed by atoms with Gasteiger partial charge in [-0.1, -0.05) is 0 Å². The summed E-state index contributed by atoms with van der Waals surface area (Å²) in [7, 11) is -4.07. The Labute approximate surface area is 120 Å². The molecule has 2 N–H and O–H groups in total. The summed E-state index contributed by atoms with van der Waals surface area (Å²) in [4.78, 5) is 22.8. The first kappa shape index (κ1) is 17.1. The van der Waals surface area contributed by atoms with E-state index in [1.165, 1.54) is 6.92 Å². The summed E-state index contributed by atoms with van der Waals surface area (Å²) >= 11 is 0. The number of carbonyl (C=O) groups is 2. The van der Waals surface area contributed by atoms with Gasteiger partial charge in [0, 0.05) is 5.56 Å². The molecule has 0 saturated heterocycles. The summed E-state index contributed by atoms with van der Waals surface area (Å²) in [5, 5.41) is 11.0. The van der Waals surface area contributed by atoms with Gasteiger partial charge in [-0.2, -0.15) is 8.42 Å². The van der Waals surface area contributed by atoms with Gasteiger partial charge in [0.05, 0.1) is 6.61 Å². The van der Waals surface area contributed by atoms with Crippen LogP contribution < -0.4 is 5.32 Å². The van der Waals surface area contributed by atoms with Crippen molar-refractivity contribution in [2.45, 2.75) is 13.0 Å². The Kier molecular flexibility index (Phi) is 5.79. The Balaban J connectivity index is 2.81. The lowest BCUT2D eigenvalue weighted by Crippen LogP contribution is -2.45. The van der Waals surface area contributed by atoms with Gasteiger partial charge in [-0.05, 0) is 31.2 Å². The van der Waals surface area contributed by atoms with E-state index in [2.05, 4.69) is 4.18 Å². The number of nitrogens with one attached hydrogen (secondary N) is 1. The van der Waals surface area contributed by atoms with Crippen LogP contribution in [0.15, 0.2) is 24.3 Å². The number of carbonyl (C=O) groups excluding carboxylic acids is 1. The lowest BCUT2D eigenvalue weighted by Gasteiger charge is -2.14. The largest absolute Gasteiger partial charge is 0.480 e. The molecule has 1 aromatic carbocycles. The van der Waals surface area contributed by atoms with Gasteiger partial charge >= 0.3 is 5.97 Å². The molecule has 1 rings (SSSR count). The van der Waals surface area contributed by atoms with Crippen LogP contribution in [0.5, 0.6) is 0 Å². The normalized spacial score (nSPS) is 12.7. The van der Waals surface area contributed by atoms with Crippen molar-refractivity contribution in [3.8, 4) is 0 Å². The van der Waals surface area contributed by atoms with Crippen molar-refractivity contribution in [2.75, 3.05) is 12.4 Å². The number of carboxylic acid groups (broad SMARTS) is 1. The maximum absolute atomic E-state index is 12.7. The number of benzene rings is 1. The highest BCUT2D eigenvalue weighted by Crippen LogP contribution is 2.04. The molecule has 21 heavy (non-hydrogen) atoms. The Morgan fingerprint density at radius 1 is 1.33 bits per heavy atom. The van der Waals surface area contributed by atoms with Crippen molar-refractivity contribution in [1.82, 2.24) is 5.32 Å². The standard InChI is InChI=1S/C12H14FNO6S/c1-2-20-21(18,19)7-10(12(16)17)14-11(15)8-3-5-9(13)6-4-8/h3-6,10H,2,7H2,1H3,(H,14,15)(H,16,17). The average Bonchev–Trinajstić information content (AvgIpc) is 2.38. The monoisotopic (exact) mass is 319 g/mol. The SMILES string of the molecule is CCOS(=O)(=O)CC(NC(=O)c1ccc(F)cc1)C(=O)O. The minimum absolute atomic E-state index is 0.0106. The van der Waals surface area contributed by atoms with Crippen LogP contribution >= 0.6 is 0 Å². The molecule has 0 aromatic heterocycles. The van der Waals surface area contributed by atoms with Crippen LogP contribution in [0.1, 0.15) is 17.3 Å². The van der Waals surface area contributed by atoms with Crippen LogP contribution in [-0.4, -0.2) is 43.8 Å². The van der Waals surface area contributed by atoms with E-state index >= 15 is 0 Å². The molecule has 7 nitrogen and oxygen atoms in total. The summed E-state index contributed by atoms with van der Waals surface area (Å²) in [5.74, 6) is -3.80. The topological polar surface area (TPSA) is 110 Å². The van der Waals surface area contributed by atoms with Crippen molar-refractivity contribution in [3.05, 3.63) is 35.6 Å².